The lowest BCUT2D eigenvalue weighted by Gasteiger charge is -2.41. The molecule has 254 valence electrons. The zero-order chi connectivity index (χ0) is 35.6. The third-order valence-electron chi connectivity index (χ3n) is 9.51. The van der Waals surface area contributed by atoms with E-state index in [4.69, 9.17) is 0 Å². The minimum absolute atomic E-state index is 0.208. The maximum atomic E-state index is 15.7. The van der Waals surface area contributed by atoms with Crippen LogP contribution in [-0.2, 0) is 5.41 Å². The molecule has 0 unspecified atom stereocenters. The van der Waals surface area contributed by atoms with Gasteiger partial charge in [-0.15, -0.1) is 0 Å². The van der Waals surface area contributed by atoms with Crippen molar-refractivity contribution in [2.75, 3.05) is 9.80 Å². The summed E-state index contributed by atoms with van der Waals surface area (Å²) in [5, 5.41) is 0. The van der Waals surface area contributed by atoms with Crippen molar-refractivity contribution in [2.24, 2.45) is 5.92 Å². The molecule has 0 heterocycles. The van der Waals surface area contributed by atoms with Crippen molar-refractivity contribution < 1.29 is 13.2 Å². The van der Waals surface area contributed by atoms with Crippen LogP contribution in [0.15, 0.2) is 146 Å². The average Bonchev–Trinajstić information content (AvgIpc) is 3.06. The molecule has 0 aromatic heterocycles. The Hall–Kier alpha value is -5.29. The fraction of sp³-hybridized carbons (Fsp3) is 0.200. The first-order valence-corrected chi connectivity index (χ1v) is 17.0. The lowest BCUT2D eigenvalue weighted by atomic mass is 9.66. The molecule has 0 bridgehead atoms. The molecule has 6 aromatic rings. The molecule has 0 aliphatic heterocycles. The van der Waals surface area contributed by atoms with E-state index in [9.17, 15) is 0 Å². The molecular formula is C45H43F3N2. The van der Waals surface area contributed by atoms with Crippen LogP contribution in [0.1, 0.15) is 47.2 Å². The average molecular weight is 669 g/mol. The van der Waals surface area contributed by atoms with Crippen molar-refractivity contribution in [3.8, 4) is 0 Å². The Labute approximate surface area is 294 Å². The van der Waals surface area contributed by atoms with Gasteiger partial charge in [0, 0.05) is 34.1 Å². The normalized spacial score (nSPS) is 11.9. The number of benzene rings is 6. The van der Waals surface area contributed by atoms with Crippen molar-refractivity contribution in [3.05, 3.63) is 179 Å². The molecule has 6 rings (SSSR count). The van der Waals surface area contributed by atoms with Crippen LogP contribution >= 0.6 is 0 Å². The first-order valence-electron chi connectivity index (χ1n) is 17.0. The fourth-order valence-corrected chi connectivity index (χ4v) is 7.20. The van der Waals surface area contributed by atoms with E-state index < -0.39 is 17.5 Å². The zero-order valence-corrected chi connectivity index (χ0v) is 29.5. The van der Waals surface area contributed by atoms with Gasteiger partial charge in [0.05, 0.1) is 0 Å². The maximum Gasteiger partial charge on any atom is 0.402 e. The predicted molar refractivity (Wildman–Crippen MR) is 203 cm³/mol. The van der Waals surface area contributed by atoms with Crippen LogP contribution in [0.25, 0.3) is 0 Å². The summed E-state index contributed by atoms with van der Waals surface area (Å²) in [6, 6.07) is 46.4. The van der Waals surface area contributed by atoms with Crippen molar-refractivity contribution in [1.82, 2.24) is 0 Å². The number of aryl methyl sites for hydroxylation is 4. The number of hydrogen-bond donors (Lipinski definition) is 0. The van der Waals surface area contributed by atoms with E-state index in [0.29, 0.717) is 0 Å². The molecule has 5 heteroatoms. The van der Waals surface area contributed by atoms with E-state index in [-0.39, 0.29) is 11.1 Å². The standard InChI is InChI=1S/C45H43F3N2/c1-31(2)44(45(46,47)48,36-19-23-38(24-20-36)49(40-15-7-11-32(3)27-40)41-16-8-12-33(4)28-41)37-21-25-39(26-22-37)50(42-17-9-13-34(5)29-42)43-18-10-14-35(6)30-43/h7-31H,1-6H3. The number of anilines is 6. The molecule has 0 spiro atoms. The number of alkyl halides is 3. The summed E-state index contributed by atoms with van der Waals surface area (Å²) in [5.74, 6) is -0.784. The molecule has 0 saturated heterocycles. The summed E-state index contributed by atoms with van der Waals surface area (Å²) in [6.07, 6.45) is -4.57. The molecular weight excluding hydrogens is 626 g/mol. The Kier molecular flexibility index (Phi) is 9.62. The maximum absolute atomic E-state index is 15.7. The minimum atomic E-state index is -4.57. The molecule has 6 aromatic carbocycles. The highest BCUT2D eigenvalue weighted by Gasteiger charge is 2.59. The predicted octanol–water partition coefficient (Wildman–Crippen LogP) is 13.4. The summed E-state index contributed by atoms with van der Waals surface area (Å²) in [5.41, 5.74) is 7.90. The fourth-order valence-electron chi connectivity index (χ4n) is 7.20. The highest BCUT2D eigenvalue weighted by atomic mass is 19.4. The third-order valence-corrected chi connectivity index (χ3v) is 9.51. The second-order valence-corrected chi connectivity index (χ2v) is 13.6. The Balaban J connectivity index is 1.46. The minimum Gasteiger partial charge on any atom is -0.310 e. The van der Waals surface area contributed by atoms with Gasteiger partial charge in [-0.1, -0.05) is 86.6 Å². The van der Waals surface area contributed by atoms with Gasteiger partial charge in [-0.25, -0.2) is 0 Å². The molecule has 2 nitrogen and oxygen atoms in total. The first kappa shape index (κ1) is 34.6. The van der Waals surface area contributed by atoms with Crippen LogP contribution in [0.3, 0.4) is 0 Å². The van der Waals surface area contributed by atoms with Gasteiger partial charge in [-0.3, -0.25) is 0 Å². The van der Waals surface area contributed by atoms with Gasteiger partial charge >= 0.3 is 6.18 Å². The Morgan fingerprint density at radius 3 is 0.900 bits per heavy atom. The Morgan fingerprint density at radius 1 is 0.400 bits per heavy atom. The van der Waals surface area contributed by atoms with E-state index in [1.165, 1.54) is 0 Å². The molecule has 0 fully saturated rings. The highest BCUT2D eigenvalue weighted by molar-refractivity contribution is 5.79. The van der Waals surface area contributed by atoms with E-state index in [0.717, 1.165) is 56.4 Å². The van der Waals surface area contributed by atoms with Crippen molar-refractivity contribution >= 4 is 34.1 Å². The van der Waals surface area contributed by atoms with Gasteiger partial charge in [0.15, 0.2) is 0 Å². The van der Waals surface area contributed by atoms with Crippen LogP contribution < -0.4 is 9.80 Å². The largest absolute Gasteiger partial charge is 0.402 e. The van der Waals surface area contributed by atoms with Gasteiger partial charge in [0.2, 0.25) is 0 Å². The molecule has 50 heavy (non-hydrogen) atoms. The second kappa shape index (κ2) is 13.9. The smallest absolute Gasteiger partial charge is 0.310 e. The molecule has 0 N–H and O–H groups in total. The third kappa shape index (κ3) is 6.65. The van der Waals surface area contributed by atoms with Crippen molar-refractivity contribution in [3.63, 3.8) is 0 Å². The van der Waals surface area contributed by atoms with Crippen LogP contribution in [0.5, 0.6) is 0 Å². The lowest BCUT2D eigenvalue weighted by molar-refractivity contribution is -0.190. The van der Waals surface area contributed by atoms with Gasteiger partial charge < -0.3 is 9.80 Å². The molecule has 0 radical (unpaired) electrons. The van der Waals surface area contributed by atoms with Gasteiger partial charge in [-0.05, 0) is 140 Å². The van der Waals surface area contributed by atoms with E-state index >= 15 is 13.2 Å². The summed E-state index contributed by atoms with van der Waals surface area (Å²) < 4.78 is 47.2. The number of rotatable bonds is 9. The van der Waals surface area contributed by atoms with Crippen molar-refractivity contribution in [1.29, 1.82) is 0 Å². The monoisotopic (exact) mass is 668 g/mol. The van der Waals surface area contributed by atoms with Crippen LogP contribution in [0.2, 0.25) is 0 Å². The summed E-state index contributed by atoms with van der Waals surface area (Å²) in [7, 11) is 0. The number of halogens is 3. The van der Waals surface area contributed by atoms with Crippen LogP contribution in [-0.4, -0.2) is 6.18 Å². The summed E-state index contributed by atoms with van der Waals surface area (Å²) in [6.45, 7) is 11.5. The number of nitrogens with zero attached hydrogens (tertiary/aromatic N) is 2. The van der Waals surface area contributed by atoms with Gasteiger partial charge in [0.25, 0.3) is 0 Å². The molecule has 0 atom stereocenters. The Bertz CT molecular complexity index is 1850. The SMILES string of the molecule is Cc1cccc(N(c2ccc(C(c3ccc(N(c4cccc(C)c4)c4cccc(C)c4)cc3)(C(C)C)C(F)(F)F)cc2)c2cccc(C)c2)c1. The summed E-state index contributed by atoms with van der Waals surface area (Å²) in [4.78, 5) is 4.18. The Morgan fingerprint density at radius 2 is 0.680 bits per heavy atom. The zero-order valence-electron chi connectivity index (χ0n) is 29.5. The molecule has 0 aliphatic rings. The molecule has 0 amide bonds. The quantitative estimate of drug-likeness (QED) is 0.151. The van der Waals surface area contributed by atoms with Crippen LogP contribution in [0, 0.1) is 33.6 Å². The number of hydrogen-bond acceptors (Lipinski definition) is 2. The van der Waals surface area contributed by atoms with Gasteiger partial charge in [-0.2, -0.15) is 13.2 Å². The van der Waals surface area contributed by atoms with E-state index in [2.05, 4.69) is 34.1 Å². The van der Waals surface area contributed by atoms with Crippen molar-refractivity contribution in [2.45, 2.75) is 53.1 Å². The van der Waals surface area contributed by atoms with E-state index in [1.807, 2.05) is 125 Å². The van der Waals surface area contributed by atoms with E-state index in [1.54, 1.807) is 38.1 Å². The van der Waals surface area contributed by atoms with Gasteiger partial charge in [0.1, 0.15) is 5.41 Å². The first-order chi connectivity index (χ1) is 23.9. The lowest BCUT2D eigenvalue weighted by Crippen LogP contribution is -2.47. The topological polar surface area (TPSA) is 6.48 Å². The summed E-state index contributed by atoms with van der Waals surface area (Å²) >= 11 is 0. The second-order valence-electron chi connectivity index (χ2n) is 13.6. The highest BCUT2D eigenvalue weighted by Crippen LogP contribution is 2.52. The van der Waals surface area contributed by atoms with Crippen LogP contribution in [0.4, 0.5) is 47.3 Å². The molecule has 0 saturated carbocycles. The molecule has 0 aliphatic carbocycles.